The number of nitrogens with zero attached hydrogens (tertiary/aromatic N) is 4. The minimum absolute atomic E-state index is 0.00256. The van der Waals surface area contributed by atoms with Crippen molar-refractivity contribution >= 4 is 46.0 Å². The van der Waals surface area contributed by atoms with E-state index in [9.17, 15) is 36.7 Å². The Hall–Kier alpha value is -3.43. The number of amidine groups is 1. The van der Waals surface area contributed by atoms with Crippen LogP contribution in [0.3, 0.4) is 0 Å². The summed E-state index contributed by atoms with van der Waals surface area (Å²) in [5.74, 6) is -2.58. The van der Waals surface area contributed by atoms with Gasteiger partial charge in [-0.15, -0.1) is 6.58 Å². The van der Waals surface area contributed by atoms with E-state index in [4.69, 9.17) is 16.8 Å². The van der Waals surface area contributed by atoms with Crippen LogP contribution in [0.25, 0.3) is 5.69 Å². The number of amides is 2. The van der Waals surface area contributed by atoms with Crippen LogP contribution in [0.5, 0.6) is 0 Å². The summed E-state index contributed by atoms with van der Waals surface area (Å²) in [5.41, 5.74) is -3.97. The molecule has 2 N–H and O–H groups in total. The van der Waals surface area contributed by atoms with Gasteiger partial charge in [-0.25, -0.2) is 24.2 Å². The first-order valence-electron chi connectivity index (χ1n) is 9.80. The van der Waals surface area contributed by atoms with Crippen molar-refractivity contribution in [1.29, 1.82) is 0 Å². The van der Waals surface area contributed by atoms with Crippen LogP contribution in [-0.2, 0) is 22.8 Å². The van der Waals surface area contributed by atoms with Gasteiger partial charge in [0.1, 0.15) is 16.8 Å². The molecule has 2 heterocycles. The van der Waals surface area contributed by atoms with E-state index in [1.54, 1.807) is 0 Å². The summed E-state index contributed by atoms with van der Waals surface area (Å²) < 4.78 is 54.5. The van der Waals surface area contributed by atoms with E-state index in [0.717, 1.165) is 29.8 Å². The number of thioether (sulfide) groups is 1. The van der Waals surface area contributed by atoms with Crippen LogP contribution >= 0.6 is 23.4 Å². The molecule has 36 heavy (non-hydrogen) atoms. The van der Waals surface area contributed by atoms with Crippen LogP contribution in [0.2, 0.25) is 5.02 Å². The molecule has 0 saturated carbocycles. The largest absolute Gasteiger partial charge is 0.431 e. The number of benzene rings is 1. The van der Waals surface area contributed by atoms with Crippen molar-refractivity contribution in [2.75, 3.05) is 6.54 Å². The van der Waals surface area contributed by atoms with E-state index in [1.807, 2.05) is 0 Å². The Morgan fingerprint density at radius 3 is 2.56 bits per heavy atom. The van der Waals surface area contributed by atoms with Gasteiger partial charge < -0.3 is 0 Å². The van der Waals surface area contributed by atoms with Gasteiger partial charge in [0, 0.05) is 26.1 Å². The summed E-state index contributed by atoms with van der Waals surface area (Å²) in [6.07, 6.45) is -4.04. The van der Waals surface area contributed by atoms with Gasteiger partial charge in [-0.1, -0.05) is 29.4 Å². The number of hydrogen-bond acceptors (Lipinski definition) is 7. The fraction of sp³-hybridized carbons (Fsp3) is 0.250. The smallest absolute Gasteiger partial charge is 0.292 e. The predicted octanol–water partition coefficient (Wildman–Crippen LogP) is 2.36. The molecule has 2 aromatic rings. The van der Waals surface area contributed by atoms with Gasteiger partial charge in [0.15, 0.2) is 5.17 Å². The molecule has 1 fully saturated rings. The van der Waals surface area contributed by atoms with Crippen molar-refractivity contribution < 1.29 is 32.4 Å². The molecule has 1 aromatic carbocycles. The number of aliphatic imine (C=N–C) groups is 1. The van der Waals surface area contributed by atoms with Gasteiger partial charge >= 0.3 is 11.9 Å². The van der Waals surface area contributed by atoms with Crippen molar-refractivity contribution in [2.45, 2.75) is 17.8 Å². The van der Waals surface area contributed by atoms with Crippen LogP contribution in [0.15, 0.2) is 45.4 Å². The Morgan fingerprint density at radius 2 is 1.97 bits per heavy atom. The molecule has 192 valence electrons. The maximum Gasteiger partial charge on any atom is 0.431 e. The molecule has 3 rings (SSSR count). The highest BCUT2D eigenvalue weighted by molar-refractivity contribution is 8.15. The molecule has 16 heteroatoms. The Kier molecular flexibility index (Phi) is 7.76. The van der Waals surface area contributed by atoms with Gasteiger partial charge in [-0.05, 0) is 12.1 Å². The Morgan fingerprint density at radius 1 is 1.31 bits per heavy atom. The number of aromatic nitrogens is 2. The molecule has 0 bridgehead atoms. The van der Waals surface area contributed by atoms with E-state index < -0.39 is 58.1 Å². The zero-order valence-electron chi connectivity index (χ0n) is 18.2. The van der Waals surface area contributed by atoms with Crippen LogP contribution in [0, 0.1) is 5.82 Å². The quantitative estimate of drug-likeness (QED) is 0.247. The normalized spacial score (nSPS) is 17.1. The Labute approximate surface area is 208 Å². The van der Waals surface area contributed by atoms with E-state index in [-0.39, 0.29) is 37.6 Å². The summed E-state index contributed by atoms with van der Waals surface area (Å²) >= 11 is 6.90. The predicted molar refractivity (Wildman–Crippen MR) is 122 cm³/mol. The first-order valence-corrected chi connectivity index (χ1v) is 11.1. The molecule has 1 atom stereocenters. The van der Waals surface area contributed by atoms with Crippen molar-refractivity contribution in [2.24, 2.45) is 12.0 Å². The van der Waals surface area contributed by atoms with Crippen LogP contribution in [-0.4, -0.2) is 48.0 Å². The number of carbonyl (C=O) groups is 2. The third kappa shape index (κ3) is 5.22. The summed E-state index contributed by atoms with van der Waals surface area (Å²) in [4.78, 5) is 54.5. The summed E-state index contributed by atoms with van der Waals surface area (Å²) in [7, 11) is 0.771. The lowest BCUT2D eigenvalue weighted by molar-refractivity contribution is -0.144. The summed E-state index contributed by atoms with van der Waals surface area (Å²) in [6.45, 7) is 3.49. The van der Waals surface area contributed by atoms with Crippen molar-refractivity contribution in [3.05, 3.63) is 68.2 Å². The first kappa shape index (κ1) is 27.2. The summed E-state index contributed by atoms with van der Waals surface area (Å²) in [5, 5.41) is 7.46. The van der Waals surface area contributed by atoms with E-state index in [0.29, 0.717) is 6.07 Å². The fourth-order valence-corrected chi connectivity index (χ4v) is 4.59. The molecular formula is C20H16ClF4N5O5S. The van der Waals surface area contributed by atoms with Crippen molar-refractivity contribution in [1.82, 2.24) is 19.5 Å². The van der Waals surface area contributed by atoms with Gasteiger partial charge in [-0.3, -0.25) is 29.1 Å². The molecule has 0 radical (unpaired) electrons. The zero-order valence-corrected chi connectivity index (χ0v) is 19.7. The molecule has 0 spiro atoms. The third-order valence-electron chi connectivity index (χ3n) is 4.91. The highest BCUT2D eigenvalue weighted by Gasteiger charge is 2.39. The average Bonchev–Trinajstić information content (AvgIpc) is 3.07. The first-order chi connectivity index (χ1) is 16.8. The Bertz CT molecular complexity index is 1400. The number of halogens is 5. The molecular weight excluding hydrogens is 534 g/mol. The van der Waals surface area contributed by atoms with Gasteiger partial charge in [0.05, 0.1) is 16.4 Å². The lowest BCUT2D eigenvalue weighted by Crippen LogP contribution is -2.41. The molecule has 10 nitrogen and oxygen atoms in total. The highest BCUT2D eigenvalue weighted by Crippen LogP contribution is 2.35. The number of alkyl halides is 3. The van der Waals surface area contributed by atoms with Crippen LogP contribution in [0.4, 0.5) is 23.2 Å². The number of carbonyl (C=O) groups excluding carboxylic acids is 2. The van der Waals surface area contributed by atoms with Crippen LogP contribution < -0.4 is 16.7 Å². The maximum atomic E-state index is 14.7. The molecule has 1 unspecified atom stereocenters. The SMILES string of the molecule is C=CCN1C(=O)C(CC(=O)NO)SC1=Nc1cc(-n2c(=O)cc(C(F)(F)F)n(C)c2=O)c(F)cc1Cl. The van der Waals surface area contributed by atoms with Crippen molar-refractivity contribution in [3.63, 3.8) is 0 Å². The van der Waals surface area contributed by atoms with E-state index in [1.165, 1.54) is 11.6 Å². The van der Waals surface area contributed by atoms with Gasteiger partial charge in [0.25, 0.3) is 5.56 Å². The number of nitrogens with one attached hydrogen (secondary N) is 1. The molecule has 1 aromatic heterocycles. The minimum atomic E-state index is -5.01. The second-order valence-corrected chi connectivity index (χ2v) is 8.85. The topological polar surface area (TPSA) is 126 Å². The molecule has 1 saturated heterocycles. The summed E-state index contributed by atoms with van der Waals surface area (Å²) in [6, 6.07) is 1.72. The lowest BCUT2D eigenvalue weighted by Gasteiger charge is -2.16. The molecule has 0 aliphatic carbocycles. The van der Waals surface area contributed by atoms with E-state index >= 15 is 0 Å². The number of hydroxylamine groups is 1. The lowest BCUT2D eigenvalue weighted by atomic mass is 10.2. The standard InChI is InChI=1S/C20H16ClF4N5O5S/c1-3-4-29-17(33)13(7-15(31)27-35)36-18(29)26-11-6-12(10(22)5-9(11)21)30-16(32)8-14(20(23,24)25)28(2)19(30)34/h3,5-6,8,13,35H,1,4,7H2,2H3,(H,27,31). The molecule has 2 amide bonds. The number of rotatable bonds is 6. The van der Waals surface area contributed by atoms with Crippen LogP contribution in [0.1, 0.15) is 12.1 Å². The minimum Gasteiger partial charge on any atom is -0.292 e. The van der Waals surface area contributed by atoms with Crippen molar-refractivity contribution in [3.8, 4) is 5.69 Å². The third-order valence-corrected chi connectivity index (χ3v) is 6.39. The monoisotopic (exact) mass is 549 g/mol. The zero-order chi connectivity index (χ0) is 26.9. The Balaban J connectivity index is 2.15. The second-order valence-electron chi connectivity index (χ2n) is 7.28. The fourth-order valence-electron chi connectivity index (χ4n) is 3.24. The number of hydrogen-bond donors (Lipinski definition) is 2. The average molecular weight is 550 g/mol. The second kappa shape index (κ2) is 10.3. The van der Waals surface area contributed by atoms with Gasteiger partial charge in [0.2, 0.25) is 11.8 Å². The maximum absolute atomic E-state index is 14.7. The molecule has 1 aliphatic heterocycles. The highest BCUT2D eigenvalue weighted by atomic mass is 35.5. The molecule has 1 aliphatic rings. The van der Waals surface area contributed by atoms with Gasteiger partial charge in [-0.2, -0.15) is 13.2 Å². The van der Waals surface area contributed by atoms with E-state index in [2.05, 4.69) is 11.6 Å².